The van der Waals surface area contributed by atoms with Gasteiger partial charge in [0.2, 0.25) is 0 Å². The standard InChI is InChI=1S/C21H24N2O5/c1-27-18-11-17(12-19(13-18)28-2)20(24)23-9-7-22(8-10-23)14-15-3-5-16(6-4-15)21(25)26/h3-6,11-13H,7-10,14H2,1-2H3,(H,25,26). The molecule has 0 spiro atoms. The summed E-state index contributed by atoms with van der Waals surface area (Å²) in [6.45, 7) is 3.51. The molecule has 1 saturated heterocycles. The number of piperazine rings is 1. The number of hydrogen-bond donors (Lipinski definition) is 1. The first-order chi connectivity index (χ1) is 13.5. The van der Waals surface area contributed by atoms with Gasteiger partial charge in [-0.25, -0.2) is 4.79 Å². The number of ether oxygens (including phenoxy) is 2. The van der Waals surface area contributed by atoms with Gasteiger partial charge in [0.15, 0.2) is 0 Å². The van der Waals surface area contributed by atoms with E-state index in [2.05, 4.69) is 4.90 Å². The van der Waals surface area contributed by atoms with E-state index in [-0.39, 0.29) is 11.5 Å². The van der Waals surface area contributed by atoms with Gasteiger partial charge in [-0.05, 0) is 29.8 Å². The molecule has 1 fully saturated rings. The van der Waals surface area contributed by atoms with Crippen molar-refractivity contribution in [3.05, 3.63) is 59.2 Å². The molecule has 148 valence electrons. The first-order valence-corrected chi connectivity index (χ1v) is 9.07. The summed E-state index contributed by atoms with van der Waals surface area (Å²) in [5.74, 6) is 0.216. The summed E-state index contributed by atoms with van der Waals surface area (Å²) in [7, 11) is 3.12. The van der Waals surface area contributed by atoms with E-state index in [4.69, 9.17) is 14.6 Å². The first kappa shape index (κ1) is 19.7. The van der Waals surface area contributed by atoms with Crippen molar-refractivity contribution in [2.75, 3.05) is 40.4 Å². The zero-order valence-corrected chi connectivity index (χ0v) is 16.1. The highest BCUT2D eigenvalue weighted by atomic mass is 16.5. The van der Waals surface area contributed by atoms with E-state index < -0.39 is 5.97 Å². The average molecular weight is 384 g/mol. The highest BCUT2D eigenvalue weighted by Crippen LogP contribution is 2.24. The van der Waals surface area contributed by atoms with Crippen LogP contribution in [0.4, 0.5) is 0 Å². The maximum Gasteiger partial charge on any atom is 0.335 e. The molecule has 7 heteroatoms. The number of methoxy groups -OCH3 is 2. The Morgan fingerprint density at radius 2 is 1.46 bits per heavy atom. The second-order valence-corrected chi connectivity index (χ2v) is 6.67. The fourth-order valence-corrected chi connectivity index (χ4v) is 3.23. The van der Waals surface area contributed by atoms with Gasteiger partial charge in [0, 0.05) is 44.4 Å². The molecule has 1 heterocycles. The smallest absolute Gasteiger partial charge is 0.335 e. The maximum atomic E-state index is 12.8. The minimum Gasteiger partial charge on any atom is -0.497 e. The number of amides is 1. The Balaban J connectivity index is 1.59. The van der Waals surface area contributed by atoms with Gasteiger partial charge in [-0.3, -0.25) is 9.69 Å². The molecule has 0 atom stereocenters. The Morgan fingerprint density at radius 1 is 0.893 bits per heavy atom. The van der Waals surface area contributed by atoms with Crippen molar-refractivity contribution >= 4 is 11.9 Å². The summed E-state index contributed by atoms with van der Waals surface area (Å²) >= 11 is 0. The molecule has 1 aliphatic rings. The number of carboxylic acid groups (broad SMARTS) is 1. The van der Waals surface area contributed by atoms with Gasteiger partial charge in [0.05, 0.1) is 19.8 Å². The van der Waals surface area contributed by atoms with E-state index in [9.17, 15) is 9.59 Å². The lowest BCUT2D eigenvalue weighted by Gasteiger charge is -2.35. The van der Waals surface area contributed by atoms with Gasteiger partial charge >= 0.3 is 5.97 Å². The van der Waals surface area contributed by atoms with Crippen LogP contribution < -0.4 is 9.47 Å². The fourth-order valence-electron chi connectivity index (χ4n) is 3.23. The number of benzene rings is 2. The number of carboxylic acids is 1. The third-order valence-corrected chi connectivity index (χ3v) is 4.86. The lowest BCUT2D eigenvalue weighted by Crippen LogP contribution is -2.48. The molecule has 0 aliphatic carbocycles. The zero-order valence-electron chi connectivity index (χ0n) is 16.1. The number of nitrogens with zero attached hydrogens (tertiary/aromatic N) is 2. The monoisotopic (exact) mass is 384 g/mol. The van der Waals surface area contributed by atoms with E-state index >= 15 is 0 Å². The maximum absolute atomic E-state index is 12.8. The quantitative estimate of drug-likeness (QED) is 0.824. The molecule has 0 bridgehead atoms. The van der Waals surface area contributed by atoms with Gasteiger partial charge in [-0.15, -0.1) is 0 Å². The van der Waals surface area contributed by atoms with Crippen LogP contribution in [0.1, 0.15) is 26.3 Å². The van der Waals surface area contributed by atoms with Crippen molar-refractivity contribution in [2.45, 2.75) is 6.54 Å². The molecule has 3 rings (SSSR count). The summed E-state index contributed by atoms with van der Waals surface area (Å²) in [6, 6.07) is 12.1. The molecule has 2 aromatic rings. The van der Waals surface area contributed by atoms with Crippen LogP contribution in [0.5, 0.6) is 11.5 Å². The van der Waals surface area contributed by atoms with Crippen LogP contribution in [0.15, 0.2) is 42.5 Å². The van der Waals surface area contributed by atoms with Crippen molar-refractivity contribution in [3.63, 3.8) is 0 Å². The predicted molar refractivity (Wildman–Crippen MR) is 104 cm³/mol. The lowest BCUT2D eigenvalue weighted by molar-refractivity contribution is 0.0627. The minimum atomic E-state index is -0.923. The Morgan fingerprint density at radius 3 is 1.96 bits per heavy atom. The van der Waals surface area contributed by atoms with Crippen molar-refractivity contribution in [1.29, 1.82) is 0 Å². The molecule has 0 unspecified atom stereocenters. The van der Waals surface area contributed by atoms with Crippen LogP contribution in [0.2, 0.25) is 0 Å². The number of hydrogen-bond acceptors (Lipinski definition) is 5. The van der Waals surface area contributed by atoms with E-state index in [1.165, 1.54) is 0 Å². The lowest BCUT2D eigenvalue weighted by atomic mass is 10.1. The van der Waals surface area contributed by atoms with Crippen LogP contribution in [0.25, 0.3) is 0 Å². The third-order valence-electron chi connectivity index (χ3n) is 4.86. The van der Waals surface area contributed by atoms with Crippen molar-refractivity contribution in [2.24, 2.45) is 0 Å². The largest absolute Gasteiger partial charge is 0.497 e. The normalized spacial score (nSPS) is 14.6. The van der Waals surface area contributed by atoms with Gasteiger partial charge in [0.25, 0.3) is 5.91 Å². The van der Waals surface area contributed by atoms with Gasteiger partial charge in [-0.1, -0.05) is 12.1 Å². The molecule has 2 aromatic carbocycles. The minimum absolute atomic E-state index is 0.0392. The molecule has 1 amide bonds. The van der Waals surface area contributed by atoms with E-state index in [1.54, 1.807) is 44.6 Å². The van der Waals surface area contributed by atoms with Crippen molar-refractivity contribution < 1.29 is 24.2 Å². The summed E-state index contributed by atoms with van der Waals surface area (Å²) in [5, 5.41) is 8.97. The number of carbonyl (C=O) groups is 2. The molecule has 0 saturated carbocycles. The molecular weight excluding hydrogens is 360 g/mol. The first-order valence-electron chi connectivity index (χ1n) is 9.07. The van der Waals surface area contributed by atoms with E-state index in [1.807, 2.05) is 17.0 Å². The average Bonchev–Trinajstić information content (AvgIpc) is 2.73. The second kappa shape index (κ2) is 8.75. The van der Waals surface area contributed by atoms with Gasteiger partial charge in [0.1, 0.15) is 11.5 Å². The topological polar surface area (TPSA) is 79.3 Å². The molecule has 1 N–H and O–H groups in total. The highest BCUT2D eigenvalue weighted by molar-refractivity contribution is 5.95. The Bertz CT molecular complexity index is 820. The van der Waals surface area contributed by atoms with E-state index in [0.717, 1.165) is 25.2 Å². The van der Waals surface area contributed by atoms with Crippen LogP contribution >= 0.6 is 0 Å². The molecule has 7 nitrogen and oxygen atoms in total. The van der Waals surface area contributed by atoms with Crippen molar-refractivity contribution in [1.82, 2.24) is 9.80 Å². The SMILES string of the molecule is COc1cc(OC)cc(C(=O)N2CCN(Cc3ccc(C(=O)O)cc3)CC2)c1. The number of carbonyl (C=O) groups excluding carboxylic acids is 1. The van der Waals surface area contributed by atoms with Gasteiger partial charge < -0.3 is 19.5 Å². The van der Waals surface area contributed by atoms with Crippen LogP contribution in [0, 0.1) is 0 Å². The number of rotatable bonds is 6. The third kappa shape index (κ3) is 4.61. The molecule has 1 aliphatic heterocycles. The summed E-state index contributed by atoms with van der Waals surface area (Å²) in [6.07, 6.45) is 0. The zero-order chi connectivity index (χ0) is 20.1. The Hall–Kier alpha value is -3.06. The second-order valence-electron chi connectivity index (χ2n) is 6.67. The fraction of sp³-hybridized carbons (Fsp3) is 0.333. The Labute approximate surface area is 164 Å². The number of aromatic carboxylic acids is 1. The molecular formula is C21H24N2O5. The summed E-state index contributed by atoms with van der Waals surface area (Å²) in [4.78, 5) is 27.9. The Kier molecular flexibility index (Phi) is 6.16. The van der Waals surface area contributed by atoms with Gasteiger partial charge in [-0.2, -0.15) is 0 Å². The van der Waals surface area contributed by atoms with E-state index in [0.29, 0.717) is 30.2 Å². The summed E-state index contributed by atoms with van der Waals surface area (Å²) in [5.41, 5.74) is 1.89. The van der Waals surface area contributed by atoms with Crippen LogP contribution in [-0.4, -0.2) is 67.2 Å². The molecule has 0 radical (unpaired) electrons. The summed E-state index contributed by atoms with van der Waals surface area (Å²) < 4.78 is 10.5. The van der Waals surface area contributed by atoms with Crippen LogP contribution in [0.3, 0.4) is 0 Å². The predicted octanol–water partition coefficient (Wildman–Crippen LogP) is 2.36. The molecule has 28 heavy (non-hydrogen) atoms. The van der Waals surface area contributed by atoms with Crippen molar-refractivity contribution in [3.8, 4) is 11.5 Å². The molecule has 0 aromatic heterocycles. The highest BCUT2D eigenvalue weighted by Gasteiger charge is 2.23. The van der Waals surface area contributed by atoms with Crippen LogP contribution in [-0.2, 0) is 6.54 Å².